The molecule has 0 aromatic carbocycles. The molecule has 1 saturated carbocycles. The van der Waals surface area contributed by atoms with Crippen LogP contribution in [0.2, 0.25) is 0 Å². The molecule has 2 aromatic rings. The molecule has 5 heteroatoms. The molecular formula is C11H15N5. The summed E-state index contributed by atoms with van der Waals surface area (Å²) in [5.74, 6) is 1.61. The Morgan fingerprint density at radius 2 is 2.38 bits per heavy atom. The maximum absolute atomic E-state index is 5.75. The molecule has 1 aliphatic carbocycles. The molecule has 1 fully saturated rings. The smallest absolute Gasteiger partial charge is 0.157 e. The molecule has 3 rings (SSSR count). The monoisotopic (exact) mass is 217 g/mol. The second-order valence-corrected chi connectivity index (χ2v) is 4.27. The predicted octanol–water partition coefficient (Wildman–Crippen LogP) is 0.878. The molecule has 2 aromatic heterocycles. The van der Waals surface area contributed by atoms with E-state index in [0.717, 1.165) is 17.4 Å². The molecule has 16 heavy (non-hydrogen) atoms. The zero-order valence-electron chi connectivity index (χ0n) is 9.00. The standard InChI is InChI=1S/C11H15N5/c12-7-9(8-1-2-8)14-10-4-6-16-11(15-10)3-5-13-16/h3-6,8-9H,1-2,7,12H2,(H,14,15). The summed E-state index contributed by atoms with van der Waals surface area (Å²) in [6.45, 7) is 0.663. The first kappa shape index (κ1) is 9.59. The van der Waals surface area contributed by atoms with Crippen molar-refractivity contribution >= 4 is 11.5 Å². The van der Waals surface area contributed by atoms with Crippen LogP contribution in [0.15, 0.2) is 24.5 Å². The number of aromatic nitrogens is 3. The molecule has 5 nitrogen and oxygen atoms in total. The maximum atomic E-state index is 5.75. The Balaban J connectivity index is 1.81. The van der Waals surface area contributed by atoms with E-state index >= 15 is 0 Å². The van der Waals surface area contributed by atoms with Crippen LogP contribution in [0.5, 0.6) is 0 Å². The summed E-state index contributed by atoms with van der Waals surface area (Å²) in [5, 5.41) is 7.50. The third-order valence-corrected chi connectivity index (χ3v) is 3.04. The number of nitrogens with zero attached hydrogens (tertiary/aromatic N) is 3. The van der Waals surface area contributed by atoms with Gasteiger partial charge in [0, 0.05) is 24.8 Å². The molecule has 1 aliphatic rings. The Labute approximate surface area is 93.7 Å². The average molecular weight is 217 g/mol. The largest absolute Gasteiger partial charge is 0.366 e. The van der Waals surface area contributed by atoms with Gasteiger partial charge in [-0.1, -0.05) is 0 Å². The highest BCUT2D eigenvalue weighted by atomic mass is 15.2. The van der Waals surface area contributed by atoms with Crippen molar-refractivity contribution < 1.29 is 0 Å². The molecule has 0 amide bonds. The average Bonchev–Trinajstić information content (AvgIpc) is 3.04. The Kier molecular flexibility index (Phi) is 2.25. The van der Waals surface area contributed by atoms with E-state index in [1.54, 1.807) is 10.7 Å². The van der Waals surface area contributed by atoms with Crippen LogP contribution in [0.25, 0.3) is 5.65 Å². The van der Waals surface area contributed by atoms with Crippen molar-refractivity contribution in [3.63, 3.8) is 0 Å². The molecule has 0 aliphatic heterocycles. The van der Waals surface area contributed by atoms with Crippen LogP contribution in [0.1, 0.15) is 12.8 Å². The first-order valence-electron chi connectivity index (χ1n) is 5.64. The molecule has 3 N–H and O–H groups in total. The van der Waals surface area contributed by atoms with Gasteiger partial charge in [-0.05, 0) is 24.8 Å². The van der Waals surface area contributed by atoms with Gasteiger partial charge in [-0.3, -0.25) is 0 Å². The molecule has 0 spiro atoms. The maximum Gasteiger partial charge on any atom is 0.157 e. The number of anilines is 1. The summed E-state index contributed by atoms with van der Waals surface area (Å²) in [5.41, 5.74) is 6.60. The van der Waals surface area contributed by atoms with Crippen molar-refractivity contribution in [1.29, 1.82) is 0 Å². The summed E-state index contributed by atoms with van der Waals surface area (Å²) in [4.78, 5) is 4.47. The van der Waals surface area contributed by atoms with Crippen LogP contribution in [0, 0.1) is 5.92 Å². The highest BCUT2D eigenvalue weighted by Crippen LogP contribution is 2.33. The second-order valence-electron chi connectivity index (χ2n) is 4.27. The quantitative estimate of drug-likeness (QED) is 0.797. The van der Waals surface area contributed by atoms with E-state index < -0.39 is 0 Å². The van der Waals surface area contributed by atoms with Crippen molar-refractivity contribution in [3.8, 4) is 0 Å². The Bertz CT molecular complexity index is 488. The summed E-state index contributed by atoms with van der Waals surface area (Å²) in [6.07, 6.45) is 6.21. The van der Waals surface area contributed by atoms with E-state index in [9.17, 15) is 0 Å². The molecule has 2 heterocycles. The topological polar surface area (TPSA) is 68.2 Å². The van der Waals surface area contributed by atoms with E-state index in [2.05, 4.69) is 15.4 Å². The summed E-state index contributed by atoms with van der Waals surface area (Å²) < 4.78 is 1.75. The fraction of sp³-hybridized carbons (Fsp3) is 0.455. The fourth-order valence-corrected chi connectivity index (χ4v) is 1.95. The van der Waals surface area contributed by atoms with Crippen LogP contribution < -0.4 is 11.1 Å². The van der Waals surface area contributed by atoms with Gasteiger partial charge in [0.15, 0.2) is 5.65 Å². The van der Waals surface area contributed by atoms with Gasteiger partial charge < -0.3 is 11.1 Å². The zero-order chi connectivity index (χ0) is 11.0. The number of nitrogens with one attached hydrogen (secondary N) is 1. The van der Waals surface area contributed by atoms with Crippen molar-refractivity contribution in [2.24, 2.45) is 11.7 Å². The number of rotatable bonds is 4. The van der Waals surface area contributed by atoms with Gasteiger partial charge in [0.05, 0.1) is 6.20 Å². The van der Waals surface area contributed by atoms with Gasteiger partial charge in [-0.15, -0.1) is 0 Å². The van der Waals surface area contributed by atoms with E-state index in [1.165, 1.54) is 12.8 Å². The predicted molar refractivity (Wildman–Crippen MR) is 62.2 cm³/mol. The van der Waals surface area contributed by atoms with Crippen LogP contribution >= 0.6 is 0 Å². The number of fused-ring (bicyclic) bond motifs is 1. The number of hydrogen-bond acceptors (Lipinski definition) is 4. The Morgan fingerprint density at radius 3 is 3.12 bits per heavy atom. The van der Waals surface area contributed by atoms with Gasteiger partial charge in [-0.25, -0.2) is 9.50 Å². The van der Waals surface area contributed by atoms with Crippen LogP contribution in [-0.4, -0.2) is 27.2 Å². The van der Waals surface area contributed by atoms with Gasteiger partial charge >= 0.3 is 0 Å². The van der Waals surface area contributed by atoms with E-state index in [-0.39, 0.29) is 0 Å². The summed E-state index contributed by atoms with van der Waals surface area (Å²) in [7, 11) is 0. The van der Waals surface area contributed by atoms with Crippen LogP contribution in [0.3, 0.4) is 0 Å². The van der Waals surface area contributed by atoms with Crippen LogP contribution in [-0.2, 0) is 0 Å². The minimum absolute atomic E-state index is 0.359. The molecule has 0 saturated heterocycles. The Hall–Kier alpha value is -1.62. The van der Waals surface area contributed by atoms with Gasteiger partial charge in [0.25, 0.3) is 0 Å². The molecule has 0 bridgehead atoms. The molecule has 1 unspecified atom stereocenters. The lowest BCUT2D eigenvalue weighted by molar-refractivity contribution is 0.642. The van der Waals surface area contributed by atoms with Crippen molar-refractivity contribution in [2.45, 2.75) is 18.9 Å². The third kappa shape index (κ3) is 1.74. The highest BCUT2D eigenvalue weighted by Gasteiger charge is 2.30. The fourth-order valence-electron chi connectivity index (χ4n) is 1.95. The summed E-state index contributed by atoms with van der Waals surface area (Å²) >= 11 is 0. The second kappa shape index (κ2) is 3.75. The number of hydrogen-bond donors (Lipinski definition) is 2. The molecule has 84 valence electrons. The third-order valence-electron chi connectivity index (χ3n) is 3.04. The van der Waals surface area contributed by atoms with E-state index in [1.807, 2.05) is 18.3 Å². The van der Waals surface area contributed by atoms with Gasteiger partial charge in [0.2, 0.25) is 0 Å². The van der Waals surface area contributed by atoms with Gasteiger partial charge in [-0.2, -0.15) is 5.10 Å². The van der Waals surface area contributed by atoms with Crippen molar-refractivity contribution in [1.82, 2.24) is 14.6 Å². The highest BCUT2D eigenvalue weighted by molar-refractivity contribution is 5.46. The normalized spacial score (nSPS) is 17.6. The summed E-state index contributed by atoms with van der Waals surface area (Å²) in [6, 6.07) is 4.18. The lowest BCUT2D eigenvalue weighted by Crippen LogP contribution is -2.31. The van der Waals surface area contributed by atoms with Crippen LogP contribution in [0.4, 0.5) is 5.82 Å². The molecule has 0 radical (unpaired) electrons. The van der Waals surface area contributed by atoms with E-state index in [0.29, 0.717) is 12.6 Å². The Morgan fingerprint density at radius 1 is 1.50 bits per heavy atom. The first-order valence-corrected chi connectivity index (χ1v) is 5.64. The first-order chi connectivity index (χ1) is 7.86. The lowest BCUT2D eigenvalue weighted by Gasteiger charge is -2.16. The van der Waals surface area contributed by atoms with E-state index in [4.69, 9.17) is 5.73 Å². The number of nitrogens with two attached hydrogens (primary N) is 1. The lowest BCUT2D eigenvalue weighted by atomic mass is 10.2. The SMILES string of the molecule is NCC(Nc1ccn2nccc2n1)C1CC1. The van der Waals surface area contributed by atoms with Gasteiger partial charge in [0.1, 0.15) is 5.82 Å². The zero-order valence-corrected chi connectivity index (χ0v) is 9.00. The minimum atomic E-state index is 0.359. The minimum Gasteiger partial charge on any atom is -0.366 e. The van der Waals surface area contributed by atoms with Crippen molar-refractivity contribution in [2.75, 3.05) is 11.9 Å². The molecular weight excluding hydrogens is 202 g/mol. The molecule has 1 atom stereocenters. The van der Waals surface area contributed by atoms with Crippen molar-refractivity contribution in [3.05, 3.63) is 24.5 Å².